The van der Waals surface area contributed by atoms with E-state index >= 15 is 0 Å². The van der Waals surface area contributed by atoms with Gasteiger partial charge in [0.05, 0.1) is 19.3 Å². The second kappa shape index (κ2) is 9.00. The number of nitrogens with zero attached hydrogens (tertiary/aromatic N) is 1. The molecular weight excluding hydrogens is 370 g/mol. The molecule has 0 radical (unpaired) electrons. The van der Waals surface area contributed by atoms with Crippen molar-refractivity contribution in [2.24, 2.45) is 5.92 Å². The summed E-state index contributed by atoms with van der Waals surface area (Å²) < 4.78 is 16.2. The topological polar surface area (TPSA) is 75.2 Å². The van der Waals surface area contributed by atoms with Gasteiger partial charge in [0.25, 0.3) is 0 Å². The quantitative estimate of drug-likeness (QED) is 0.627. The standard InChI is InChI=1S/C22H29N3O4/c1-15(26)11-25(12-16-3-8-20-21(9-16)29-14-28-20)13-18-10-23-24-22(18)17-4-6-19(27-2)7-5-17/h3-9,15,18,22-24,26H,10-14H2,1-2H3. The fourth-order valence-corrected chi connectivity index (χ4v) is 4.08. The summed E-state index contributed by atoms with van der Waals surface area (Å²) in [6.07, 6.45) is -0.397. The first-order valence-corrected chi connectivity index (χ1v) is 10.0. The lowest BCUT2D eigenvalue weighted by molar-refractivity contribution is 0.110. The summed E-state index contributed by atoms with van der Waals surface area (Å²) in [5.74, 6) is 2.81. The Balaban J connectivity index is 1.46. The number of hydrogen-bond donors (Lipinski definition) is 3. The number of aliphatic hydroxyl groups excluding tert-OH is 1. The number of aliphatic hydroxyl groups is 1. The molecule has 2 aliphatic rings. The molecular formula is C22H29N3O4. The van der Waals surface area contributed by atoms with Crippen molar-refractivity contribution < 1.29 is 19.3 Å². The van der Waals surface area contributed by atoms with Crippen LogP contribution in [0.3, 0.4) is 0 Å². The van der Waals surface area contributed by atoms with E-state index in [-0.39, 0.29) is 12.8 Å². The maximum atomic E-state index is 10.0. The van der Waals surface area contributed by atoms with Gasteiger partial charge in [-0.3, -0.25) is 10.3 Å². The van der Waals surface area contributed by atoms with Crippen LogP contribution in [0.1, 0.15) is 24.1 Å². The van der Waals surface area contributed by atoms with Crippen molar-refractivity contribution in [3.63, 3.8) is 0 Å². The SMILES string of the molecule is COc1ccc(C2NNCC2CN(Cc2ccc3c(c2)OCO3)CC(C)O)cc1. The predicted octanol–water partition coefficient (Wildman–Crippen LogP) is 2.07. The van der Waals surface area contributed by atoms with Gasteiger partial charge in [0, 0.05) is 32.1 Å². The zero-order valence-electron chi connectivity index (χ0n) is 16.9. The third-order valence-corrected chi connectivity index (χ3v) is 5.43. The van der Waals surface area contributed by atoms with Crippen molar-refractivity contribution in [3.8, 4) is 17.2 Å². The highest BCUT2D eigenvalue weighted by atomic mass is 16.7. The molecule has 2 aromatic carbocycles. The van der Waals surface area contributed by atoms with E-state index in [1.807, 2.05) is 31.2 Å². The van der Waals surface area contributed by atoms with E-state index in [0.717, 1.165) is 42.4 Å². The number of hydrazine groups is 1. The Morgan fingerprint density at radius 2 is 1.97 bits per heavy atom. The molecule has 0 amide bonds. The molecule has 1 fully saturated rings. The molecule has 1 saturated heterocycles. The molecule has 7 heteroatoms. The highest BCUT2D eigenvalue weighted by molar-refractivity contribution is 5.44. The van der Waals surface area contributed by atoms with E-state index in [1.165, 1.54) is 5.56 Å². The summed E-state index contributed by atoms with van der Waals surface area (Å²) in [6, 6.07) is 14.4. The number of nitrogens with one attached hydrogen (secondary N) is 2. The van der Waals surface area contributed by atoms with E-state index < -0.39 is 6.10 Å². The van der Waals surface area contributed by atoms with E-state index in [9.17, 15) is 5.11 Å². The Hall–Kier alpha value is -2.32. The Bertz CT molecular complexity index is 812. The number of methoxy groups -OCH3 is 1. The van der Waals surface area contributed by atoms with Gasteiger partial charge in [-0.2, -0.15) is 0 Å². The first kappa shape index (κ1) is 20.0. The number of hydrogen-bond acceptors (Lipinski definition) is 7. The third-order valence-electron chi connectivity index (χ3n) is 5.43. The smallest absolute Gasteiger partial charge is 0.231 e. The van der Waals surface area contributed by atoms with Crippen molar-refractivity contribution in [2.75, 3.05) is 33.5 Å². The van der Waals surface area contributed by atoms with Crippen LogP contribution in [0.15, 0.2) is 42.5 Å². The van der Waals surface area contributed by atoms with Gasteiger partial charge in [-0.15, -0.1) is 0 Å². The van der Waals surface area contributed by atoms with Crippen molar-refractivity contribution >= 4 is 0 Å². The van der Waals surface area contributed by atoms with Crippen LogP contribution in [0.25, 0.3) is 0 Å². The van der Waals surface area contributed by atoms with Crippen LogP contribution < -0.4 is 25.1 Å². The van der Waals surface area contributed by atoms with Crippen LogP contribution in [-0.2, 0) is 6.54 Å². The van der Waals surface area contributed by atoms with E-state index in [2.05, 4.69) is 34.0 Å². The molecule has 3 unspecified atom stereocenters. The lowest BCUT2D eigenvalue weighted by Gasteiger charge is -2.29. The Morgan fingerprint density at radius 3 is 2.72 bits per heavy atom. The Kier molecular flexibility index (Phi) is 6.20. The minimum Gasteiger partial charge on any atom is -0.497 e. The highest BCUT2D eigenvalue weighted by Crippen LogP contribution is 2.33. The van der Waals surface area contributed by atoms with Crippen LogP contribution in [0.5, 0.6) is 17.2 Å². The van der Waals surface area contributed by atoms with Gasteiger partial charge < -0.3 is 19.3 Å². The summed E-state index contributed by atoms with van der Waals surface area (Å²) in [5.41, 5.74) is 9.07. The van der Waals surface area contributed by atoms with E-state index in [4.69, 9.17) is 14.2 Å². The molecule has 2 aromatic rings. The maximum Gasteiger partial charge on any atom is 0.231 e. The van der Waals surface area contributed by atoms with Crippen LogP contribution in [0.2, 0.25) is 0 Å². The van der Waals surface area contributed by atoms with Crippen LogP contribution in [-0.4, -0.2) is 49.6 Å². The molecule has 7 nitrogen and oxygen atoms in total. The fraction of sp³-hybridized carbons (Fsp3) is 0.455. The summed E-state index contributed by atoms with van der Waals surface area (Å²) in [5, 5.41) is 10.0. The number of benzene rings is 2. The Morgan fingerprint density at radius 1 is 1.17 bits per heavy atom. The average molecular weight is 399 g/mol. The van der Waals surface area contributed by atoms with Gasteiger partial charge in [-0.05, 0) is 42.3 Å². The van der Waals surface area contributed by atoms with Crippen molar-refractivity contribution in [1.82, 2.24) is 15.8 Å². The van der Waals surface area contributed by atoms with Crippen LogP contribution in [0, 0.1) is 5.92 Å². The minimum atomic E-state index is -0.397. The normalized spacial score (nSPS) is 21.5. The molecule has 29 heavy (non-hydrogen) atoms. The first-order chi connectivity index (χ1) is 14.1. The van der Waals surface area contributed by atoms with Crippen molar-refractivity contribution in [1.29, 1.82) is 0 Å². The minimum absolute atomic E-state index is 0.203. The fourth-order valence-electron chi connectivity index (χ4n) is 4.08. The second-order valence-corrected chi connectivity index (χ2v) is 7.77. The van der Waals surface area contributed by atoms with E-state index in [0.29, 0.717) is 12.5 Å². The molecule has 4 rings (SSSR count). The third kappa shape index (κ3) is 4.82. The highest BCUT2D eigenvalue weighted by Gasteiger charge is 2.30. The Labute approximate surface area is 171 Å². The van der Waals surface area contributed by atoms with Crippen LogP contribution in [0.4, 0.5) is 0 Å². The molecule has 0 saturated carbocycles. The number of fused-ring (bicyclic) bond motifs is 1. The monoisotopic (exact) mass is 399 g/mol. The summed E-state index contributed by atoms with van der Waals surface area (Å²) >= 11 is 0. The summed E-state index contributed by atoms with van der Waals surface area (Å²) in [7, 11) is 1.68. The zero-order chi connectivity index (χ0) is 20.2. The number of rotatable bonds is 8. The van der Waals surface area contributed by atoms with Gasteiger partial charge in [0.1, 0.15) is 5.75 Å². The van der Waals surface area contributed by atoms with Gasteiger partial charge >= 0.3 is 0 Å². The van der Waals surface area contributed by atoms with E-state index in [1.54, 1.807) is 7.11 Å². The molecule has 0 aromatic heterocycles. The molecule has 3 atom stereocenters. The molecule has 3 N–H and O–H groups in total. The molecule has 0 spiro atoms. The lowest BCUT2D eigenvalue weighted by Crippen LogP contribution is -2.37. The first-order valence-electron chi connectivity index (χ1n) is 10.0. The average Bonchev–Trinajstić information content (AvgIpc) is 3.36. The van der Waals surface area contributed by atoms with Gasteiger partial charge in [0.15, 0.2) is 11.5 Å². The summed E-state index contributed by atoms with van der Waals surface area (Å²) in [4.78, 5) is 2.30. The van der Waals surface area contributed by atoms with Crippen molar-refractivity contribution in [3.05, 3.63) is 53.6 Å². The van der Waals surface area contributed by atoms with Gasteiger partial charge in [-0.1, -0.05) is 18.2 Å². The molecule has 156 valence electrons. The number of ether oxygens (including phenoxy) is 3. The summed E-state index contributed by atoms with van der Waals surface area (Å²) in [6.45, 7) is 5.19. The maximum absolute atomic E-state index is 10.0. The largest absolute Gasteiger partial charge is 0.497 e. The second-order valence-electron chi connectivity index (χ2n) is 7.77. The van der Waals surface area contributed by atoms with Crippen LogP contribution >= 0.6 is 0 Å². The van der Waals surface area contributed by atoms with Gasteiger partial charge in [-0.25, -0.2) is 5.43 Å². The predicted molar refractivity (Wildman–Crippen MR) is 110 cm³/mol. The molecule has 0 aliphatic carbocycles. The van der Waals surface area contributed by atoms with Crippen molar-refractivity contribution in [2.45, 2.75) is 25.6 Å². The van der Waals surface area contributed by atoms with Gasteiger partial charge in [0.2, 0.25) is 6.79 Å². The zero-order valence-corrected chi connectivity index (χ0v) is 16.9. The molecule has 2 aliphatic heterocycles. The molecule has 2 heterocycles. The lowest BCUT2D eigenvalue weighted by atomic mass is 9.94. The molecule has 0 bridgehead atoms.